The van der Waals surface area contributed by atoms with Gasteiger partial charge in [-0.2, -0.15) is 0 Å². The molecule has 0 nitrogen and oxygen atoms in total. The second-order valence-electron chi connectivity index (χ2n) is 3.77. The van der Waals surface area contributed by atoms with E-state index in [-0.39, 0.29) is 30.2 Å². The summed E-state index contributed by atoms with van der Waals surface area (Å²) in [7, 11) is 0. The Morgan fingerprint density at radius 2 is 1.22 bits per heavy atom. The SMILES string of the molecule is CC1=C=C=[C-]C1.CC1=C=C=[C-]C1.C[Si](C)=[Zr+2].[Cl-].[Cl-]. The van der Waals surface area contributed by atoms with Crippen LogP contribution in [0.25, 0.3) is 0 Å². The molecular weight excluding hydrogens is 358 g/mol. The molecule has 0 amide bonds. The number of halogens is 2. The van der Waals surface area contributed by atoms with E-state index in [1.807, 2.05) is 13.8 Å². The van der Waals surface area contributed by atoms with E-state index < -0.39 is 0 Å². The fourth-order valence-corrected chi connectivity index (χ4v) is 0.744. The Labute approximate surface area is 139 Å². The van der Waals surface area contributed by atoms with Gasteiger partial charge in [0.2, 0.25) is 0 Å². The van der Waals surface area contributed by atoms with Crippen molar-refractivity contribution in [2.75, 3.05) is 0 Å². The van der Waals surface area contributed by atoms with Crippen LogP contribution < -0.4 is 24.8 Å². The van der Waals surface area contributed by atoms with Gasteiger partial charge in [0.15, 0.2) is 0 Å². The van der Waals surface area contributed by atoms with Crippen molar-refractivity contribution in [3.63, 3.8) is 0 Å². The molecule has 0 aromatic heterocycles. The monoisotopic (exact) mass is 372 g/mol. The van der Waals surface area contributed by atoms with E-state index in [1.54, 1.807) is 23.3 Å². The van der Waals surface area contributed by atoms with E-state index in [1.165, 1.54) is 11.1 Å². The van der Waals surface area contributed by atoms with E-state index in [9.17, 15) is 0 Å². The summed E-state index contributed by atoms with van der Waals surface area (Å²) in [6, 6.07) is 0. The third-order valence-corrected chi connectivity index (χ3v) is 1.44. The van der Waals surface area contributed by atoms with Crippen molar-refractivity contribution in [2.24, 2.45) is 0 Å². The van der Waals surface area contributed by atoms with Crippen LogP contribution in [0.5, 0.6) is 0 Å². The molecule has 96 valence electrons. The molecule has 0 aromatic rings. The Balaban J connectivity index is -0.000000182. The van der Waals surface area contributed by atoms with Crippen LogP contribution in [-0.4, -0.2) is 5.43 Å². The second-order valence-corrected chi connectivity index (χ2v) is 13.1. The summed E-state index contributed by atoms with van der Waals surface area (Å²) in [4.78, 5) is 0. The fraction of sp³-hybridized carbons (Fsp3) is 0.429. The predicted molar refractivity (Wildman–Crippen MR) is 65.6 cm³/mol. The van der Waals surface area contributed by atoms with Crippen molar-refractivity contribution in [1.82, 2.24) is 0 Å². The van der Waals surface area contributed by atoms with Gasteiger partial charge in [-0.25, -0.2) is 12.2 Å². The Kier molecular flexibility index (Phi) is 19.9. The van der Waals surface area contributed by atoms with Gasteiger partial charge in [0.25, 0.3) is 0 Å². The first-order chi connectivity index (χ1) is 7.52. The van der Waals surface area contributed by atoms with Crippen LogP contribution in [-0.2, 0) is 23.3 Å². The van der Waals surface area contributed by atoms with Gasteiger partial charge in [0.05, 0.1) is 0 Å². The molecular formula is C14H16Cl2SiZr-2. The molecule has 0 radical (unpaired) electrons. The van der Waals surface area contributed by atoms with Crippen LogP contribution in [0.15, 0.2) is 34.1 Å². The normalized spacial score (nSPS) is 12.1. The molecule has 0 atom stereocenters. The van der Waals surface area contributed by atoms with Crippen molar-refractivity contribution in [2.45, 2.75) is 39.8 Å². The van der Waals surface area contributed by atoms with E-state index in [0.29, 0.717) is 0 Å². The van der Waals surface area contributed by atoms with E-state index in [2.05, 4.69) is 48.2 Å². The first kappa shape index (κ1) is 23.4. The quantitative estimate of drug-likeness (QED) is 0.254. The summed E-state index contributed by atoms with van der Waals surface area (Å²) >= 11 is 1.74. The Morgan fingerprint density at radius 1 is 0.944 bits per heavy atom. The molecule has 0 heterocycles. The van der Waals surface area contributed by atoms with Crippen molar-refractivity contribution in [3.05, 3.63) is 46.2 Å². The van der Waals surface area contributed by atoms with E-state index in [4.69, 9.17) is 0 Å². The van der Waals surface area contributed by atoms with Crippen LogP contribution in [0.2, 0.25) is 13.1 Å². The van der Waals surface area contributed by atoms with Gasteiger partial charge in [0.1, 0.15) is 0 Å². The average molecular weight is 374 g/mol. The van der Waals surface area contributed by atoms with Crippen LogP contribution in [0.3, 0.4) is 0 Å². The molecule has 0 fully saturated rings. The zero-order chi connectivity index (χ0) is 12.4. The summed E-state index contributed by atoms with van der Waals surface area (Å²) in [5.74, 6) is 0. The van der Waals surface area contributed by atoms with Gasteiger partial charge in [-0.1, -0.05) is 26.7 Å². The van der Waals surface area contributed by atoms with E-state index >= 15 is 0 Å². The van der Waals surface area contributed by atoms with Crippen molar-refractivity contribution < 1.29 is 48.1 Å². The van der Waals surface area contributed by atoms with Gasteiger partial charge in [-0.3, -0.25) is 0 Å². The van der Waals surface area contributed by atoms with Crippen LogP contribution in [0.4, 0.5) is 0 Å². The first-order valence-electron chi connectivity index (χ1n) is 5.16. The third kappa shape index (κ3) is 18.6. The minimum atomic E-state index is 0. The topological polar surface area (TPSA) is 0 Å². The molecule has 0 unspecified atom stereocenters. The molecule has 0 bridgehead atoms. The van der Waals surface area contributed by atoms with Crippen molar-refractivity contribution in [3.8, 4) is 0 Å². The standard InChI is InChI=1S/2C6H5.C2H6Si.2ClH.Zr/c2*1-6-4-2-3-5-6;1-3-2;;;/h2*4H2,1H3;1-2H3;2*1H;/q2*-1;;;;+2/p-2. The van der Waals surface area contributed by atoms with Crippen LogP contribution in [0, 0.1) is 12.2 Å². The van der Waals surface area contributed by atoms with Crippen molar-refractivity contribution in [1.29, 1.82) is 0 Å². The second kappa shape index (κ2) is 15.3. The molecule has 4 heteroatoms. The van der Waals surface area contributed by atoms with Gasteiger partial charge in [-0.05, 0) is 0 Å². The largest absolute Gasteiger partial charge is 1.00 e. The third-order valence-electron chi connectivity index (χ3n) is 1.44. The molecule has 0 aliphatic heterocycles. The minimum Gasteiger partial charge on any atom is -1.00 e. The Hall–Kier alpha value is 0.280. The molecule has 0 saturated heterocycles. The van der Waals surface area contributed by atoms with Crippen LogP contribution in [0.1, 0.15) is 26.7 Å². The number of hydrogen-bond donors (Lipinski definition) is 0. The smallest absolute Gasteiger partial charge is 1.00 e. The molecule has 0 aromatic carbocycles. The number of rotatable bonds is 0. The molecule has 2 aliphatic rings. The average Bonchev–Trinajstić information content (AvgIpc) is 2.78. The molecule has 18 heavy (non-hydrogen) atoms. The van der Waals surface area contributed by atoms with Gasteiger partial charge >= 0.3 is 41.9 Å². The molecule has 0 saturated carbocycles. The maximum Gasteiger partial charge on any atom is -1.00 e. The maximum atomic E-state index is 2.88. The maximum absolute atomic E-state index is 2.88. The van der Waals surface area contributed by atoms with Gasteiger partial charge < -0.3 is 47.7 Å². The first-order valence-corrected chi connectivity index (χ1v) is 11.4. The zero-order valence-electron chi connectivity index (χ0n) is 11.2. The zero-order valence-corrected chi connectivity index (χ0v) is 16.1. The number of hydrogen-bond acceptors (Lipinski definition) is 0. The summed E-state index contributed by atoms with van der Waals surface area (Å²) in [6.07, 6.45) is 7.61. The van der Waals surface area contributed by atoms with Crippen molar-refractivity contribution >= 4 is 5.43 Å². The van der Waals surface area contributed by atoms with Crippen LogP contribution >= 0.6 is 0 Å². The summed E-state index contributed by atoms with van der Waals surface area (Å²) in [6.45, 7) is 8.66. The minimum absolute atomic E-state index is 0. The molecule has 0 spiro atoms. The van der Waals surface area contributed by atoms with Gasteiger partial charge in [-0.15, -0.1) is 11.1 Å². The Morgan fingerprint density at radius 3 is 1.28 bits per heavy atom. The predicted octanol–water partition coefficient (Wildman–Crippen LogP) is -2.31. The fourth-order valence-electron chi connectivity index (χ4n) is 0.744. The van der Waals surface area contributed by atoms with E-state index in [0.717, 1.165) is 12.8 Å². The Bertz CT molecular complexity index is 410. The molecule has 2 aliphatic carbocycles. The molecule has 0 N–H and O–H groups in total. The van der Waals surface area contributed by atoms with Gasteiger partial charge in [0, 0.05) is 0 Å². The summed E-state index contributed by atoms with van der Waals surface area (Å²) < 4.78 is 0. The summed E-state index contributed by atoms with van der Waals surface area (Å²) in [5.41, 5.74) is 13.9. The molecule has 2 rings (SSSR count). The number of allylic oxidation sites excluding steroid dienone is 4. The summed E-state index contributed by atoms with van der Waals surface area (Å²) in [5, 5.41) is 0.